The van der Waals surface area contributed by atoms with Crippen LogP contribution in [-0.2, 0) is 28.9 Å². The topological polar surface area (TPSA) is 101 Å². The van der Waals surface area contributed by atoms with E-state index in [1.807, 2.05) is 61.8 Å². The van der Waals surface area contributed by atoms with E-state index < -0.39 is 8.32 Å². The van der Waals surface area contributed by atoms with E-state index in [2.05, 4.69) is 29.4 Å². The van der Waals surface area contributed by atoms with E-state index in [0.29, 0.717) is 13.0 Å². The van der Waals surface area contributed by atoms with Gasteiger partial charge < -0.3 is 14.6 Å². The summed E-state index contributed by atoms with van der Waals surface area (Å²) in [5.41, 5.74) is 3.78. The Balaban J connectivity index is 1.37. The molecule has 9 heteroatoms. The van der Waals surface area contributed by atoms with E-state index in [-0.39, 0.29) is 30.3 Å². The van der Waals surface area contributed by atoms with Crippen LogP contribution in [-0.4, -0.2) is 58.4 Å². The molecule has 0 radical (unpaired) electrons. The highest BCUT2D eigenvalue weighted by atomic mass is 28.4. The highest BCUT2D eigenvalue weighted by molar-refractivity contribution is 6.71. The van der Waals surface area contributed by atoms with E-state index in [1.165, 1.54) is 5.56 Å². The van der Waals surface area contributed by atoms with Crippen LogP contribution in [0, 0.1) is 5.92 Å². The van der Waals surface area contributed by atoms with Gasteiger partial charge in [0, 0.05) is 42.7 Å². The quantitative estimate of drug-likeness (QED) is 0.274. The predicted molar refractivity (Wildman–Crippen MR) is 146 cm³/mol. The minimum absolute atomic E-state index is 0.0217. The second-order valence-electron chi connectivity index (χ2n) is 10.5. The molecule has 0 bridgehead atoms. The number of ether oxygens (including phenoxy) is 1. The van der Waals surface area contributed by atoms with Gasteiger partial charge in [0.25, 0.3) is 0 Å². The number of para-hydroxylation sites is 1. The maximum atomic E-state index is 11.7. The Morgan fingerprint density at radius 2 is 1.73 bits per heavy atom. The fourth-order valence-corrected chi connectivity index (χ4v) is 8.26. The van der Waals surface area contributed by atoms with Crippen molar-refractivity contribution in [1.29, 1.82) is 0 Å². The highest BCUT2D eigenvalue weighted by Crippen LogP contribution is 2.45. The van der Waals surface area contributed by atoms with Gasteiger partial charge in [-0.05, 0) is 68.1 Å². The van der Waals surface area contributed by atoms with Gasteiger partial charge in [-0.25, -0.2) is 0 Å². The maximum absolute atomic E-state index is 11.7. The number of nitrogens with zero attached hydrogens (tertiary/aromatic N) is 4. The largest absolute Gasteiger partial charge is 0.432 e. The number of aromatic nitrogens is 3. The van der Waals surface area contributed by atoms with Crippen molar-refractivity contribution in [3.8, 4) is 0 Å². The molecule has 2 aromatic carbocycles. The minimum Gasteiger partial charge on any atom is -0.432 e. The van der Waals surface area contributed by atoms with Crippen LogP contribution in [0.4, 0.5) is 11.4 Å². The number of carbonyl (C=O) groups is 1. The number of aryl methyl sites for hydroxylation is 2. The third-order valence-corrected chi connectivity index (χ3v) is 9.92. The molecule has 37 heavy (non-hydrogen) atoms. The van der Waals surface area contributed by atoms with Gasteiger partial charge in [0.15, 0.2) is 8.32 Å². The number of amides is 1. The molecule has 1 aromatic heterocycles. The van der Waals surface area contributed by atoms with Crippen LogP contribution < -0.4 is 4.90 Å². The number of hydrogen-bond donors (Lipinski definition) is 2. The van der Waals surface area contributed by atoms with Crippen LogP contribution >= 0.6 is 0 Å². The Labute approximate surface area is 220 Å². The number of benzene rings is 2. The van der Waals surface area contributed by atoms with Crippen molar-refractivity contribution in [2.45, 2.75) is 70.0 Å². The van der Waals surface area contributed by atoms with Crippen molar-refractivity contribution in [3.63, 3.8) is 0 Å². The molecule has 198 valence electrons. The first-order valence-corrected chi connectivity index (χ1v) is 16.1. The number of rotatable bonds is 12. The number of carbonyl (C=O) groups excluding carboxylic acids is 1. The van der Waals surface area contributed by atoms with Gasteiger partial charge in [0.05, 0.1) is 17.9 Å². The minimum atomic E-state index is -2.44. The lowest BCUT2D eigenvalue weighted by Gasteiger charge is -2.30. The van der Waals surface area contributed by atoms with Gasteiger partial charge in [-0.3, -0.25) is 14.4 Å². The van der Waals surface area contributed by atoms with E-state index in [1.54, 1.807) is 9.58 Å². The molecular formula is C28H38N4O4Si. The first-order valence-electron chi connectivity index (χ1n) is 13.1. The average Bonchev–Trinajstić information content (AvgIpc) is 3.47. The predicted octanol–water partition coefficient (Wildman–Crippen LogP) is 4.10. The molecule has 2 heterocycles. The van der Waals surface area contributed by atoms with Crippen molar-refractivity contribution in [2.75, 3.05) is 11.5 Å². The zero-order valence-electron chi connectivity index (χ0n) is 21.9. The van der Waals surface area contributed by atoms with Gasteiger partial charge in [0.1, 0.15) is 0 Å². The molecule has 1 fully saturated rings. The lowest BCUT2D eigenvalue weighted by molar-refractivity contribution is -0.106. The van der Waals surface area contributed by atoms with Crippen LogP contribution in [0.3, 0.4) is 0 Å². The second-order valence-corrected chi connectivity index (χ2v) is 14.5. The Kier molecular flexibility index (Phi) is 8.91. The molecule has 0 saturated carbocycles. The number of hydrogen-bond acceptors (Lipinski definition) is 6. The summed E-state index contributed by atoms with van der Waals surface area (Å²) in [6.45, 7) is 6.94. The van der Waals surface area contributed by atoms with Gasteiger partial charge >= 0.3 is 0 Å². The zero-order valence-corrected chi connectivity index (χ0v) is 22.9. The first-order chi connectivity index (χ1) is 17.8. The fourth-order valence-electron chi connectivity index (χ4n) is 5.61. The molecule has 2 N–H and O–H groups in total. The molecule has 1 aliphatic rings. The lowest BCUT2D eigenvalue weighted by Crippen LogP contribution is -2.40. The molecule has 0 aliphatic carbocycles. The summed E-state index contributed by atoms with van der Waals surface area (Å²) in [6.07, 6.45) is 5.76. The summed E-state index contributed by atoms with van der Waals surface area (Å²) in [4.78, 5) is 24.4. The van der Waals surface area contributed by atoms with Crippen molar-refractivity contribution in [1.82, 2.24) is 15.0 Å². The smallest absolute Gasteiger partial charge is 0.218 e. The van der Waals surface area contributed by atoms with E-state index in [0.717, 1.165) is 42.7 Å². The summed E-state index contributed by atoms with van der Waals surface area (Å²) in [6, 6.07) is 17.7. The third-order valence-electron chi connectivity index (χ3n) is 7.39. The maximum Gasteiger partial charge on any atom is 0.218 e. The fraction of sp³-hybridized carbons (Fsp3) is 0.464. The molecule has 4 rings (SSSR count). The van der Waals surface area contributed by atoms with E-state index in [4.69, 9.17) is 9.84 Å². The molecule has 8 nitrogen and oxygen atoms in total. The summed E-state index contributed by atoms with van der Waals surface area (Å²) < 4.78 is 8.37. The van der Waals surface area contributed by atoms with Crippen LogP contribution in [0.2, 0.25) is 18.6 Å². The Morgan fingerprint density at radius 1 is 1.03 bits per heavy atom. The lowest BCUT2D eigenvalue weighted by atomic mass is 9.95. The van der Waals surface area contributed by atoms with Crippen molar-refractivity contribution < 1.29 is 19.4 Å². The molecule has 0 spiro atoms. The molecule has 4 atom stereocenters. The molecule has 1 saturated heterocycles. The van der Waals surface area contributed by atoms with Crippen LogP contribution in [0.5, 0.6) is 0 Å². The van der Waals surface area contributed by atoms with Gasteiger partial charge in [-0.1, -0.05) is 42.5 Å². The first kappa shape index (κ1) is 27.2. The summed E-state index contributed by atoms with van der Waals surface area (Å²) >= 11 is 0. The summed E-state index contributed by atoms with van der Waals surface area (Å²) in [5.74, 6) is 0.264. The van der Waals surface area contributed by atoms with Crippen molar-refractivity contribution in [2.24, 2.45) is 5.92 Å². The zero-order chi connectivity index (χ0) is 26.4. The van der Waals surface area contributed by atoms with Crippen LogP contribution in [0.25, 0.3) is 0 Å². The standard InChI is InChI=1S/C28H38N4O4Si/c1-21-26(14-11-22-9-12-25(13-10-22)32(20-34)24-7-5-4-6-8-24)36-27(28(21)37(2,3)35)15-17-31-19-23(16-18-33)29-30-31/h4-10,12-13,19-21,26-28,33,35H,11,14-18H2,1-3H3/t21-,26+,27-,28+/m1/s1. The Bertz CT molecular complexity index is 1130. The Morgan fingerprint density at radius 3 is 2.38 bits per heavy atom. The molecular weight excluding hydrogens is 484 g/mol. The van der Waals surface area contributed by atoms with E-state index in [9.17, 15) is 9.59 Å². The van der Waals surface area contributed by atoms with Crippen LogP contribution in [0.15, 0.2) is 60.8 Å². The molecule has 3 aromatic rings. The van der Waals surface area contributed by atoms with Crippen LogP contribution in [0.1, 0.15) is 31.0 Å². The monoisotopic (exact) mass is 522 g/mol. The van der Waals surface area contributed by atoms with Crippen molar-refractivity contribution >= 4 is 26.1 Å². The molecule has 0 unspecified atom stereocenters. The average molecular weight is 523 g/mol. The van der Waals surface area contributed by atoms with Gasteiger partial charge in [0.2, 0.25) is 6.41 Å². The third kappa shape index (κ3) is 6.73. The van der Waals surface area contributed by atoms with Gasteiger partial charge in [-0.2, -0.15) is 0 Å². The summed E-state index contributed by atoms with van der Waals surface area (Å²) in [5, 5.41) is 17.4. The SMILES string of the molecule is C[C@H]1[C@H]([Si](C)(C)O)[C@@H](CCn2cc(CCO)nn2)O[C@H]1CCc1ccc(N(C=O)c2ccccc2)cc1. The van der Waals surface area contributed by atoms with E-state index >= 15 is 0 Å². The highest BCUT2D eigenvalue weighted by Gasteiger charge is 2.49. The number of aliphatic hydroxyl groups excluding tert-OH is 1. The second kappa shape index (κ2) is 12.1. The molecule has 1 aliphatic heterocycles. The van der Waals surface area contributed by atoms with Crippen molar-refractivity contribution in [3.05, 3.63) is 72.1 Å². The number of anilines is 2. The molecule has 1 amide bonds. The Hall–Kier alpha value is -2.85. The summed E-state index contributed by atoms with van der Waals surface area (Å²) in [7, 11) is -2.44. The normalized spacial score (nSPS) is 21.8. The van der Waals surface area contributed by atoms with Gasteiger partial charge in [-0.15, -0.1) is 5.10 Å². The number of aliphatic hydroxyl groups is 1.